The zero-order chi connectivity index (χ0) is 14.5. The topological polar surface area (TPSA) is 58.3 Å². The van der Waals surface area contributed by atoms with Crippen LogP contribution in [0.3, 0.4) is 0 Å². The van der Waals surface area contributed by atoms with Crippen molar-refractivity contribution in [3.63, 3.8) is 0 Å². The molecule has 20 heavy (non-hydrogen) atoms. The van der Waals surface area contributed by atoms with Crippen LogP contribution in [0.4, 0.5) is 11.6 Å². The number of thioether (sulfide) groups is 1. The van der Waals surface area contributed by atoms with Crippen molar-refractivity contribution in [3.8, 4) is 0 Å². The van der Waals surface area contributed by atoms with Gasteiger partial charge < -0.3 is 15.5 Å². The fourth-order valence-electron chi connectivity index (χ4n) is 2.34. The number of nitrogens with two attached hydrogens (primary N) is 1. The molecule has 0 saturated carbocycles. The minimum absolute atomic E-state index is 0.572. The zero-order valence-electron chi connectivity index (χ0n) is 12.7. The summed E-state index contributed by atoms with van der Waals surface area (Å²) in [5.41, 5.74) is 5.92. The van der Waals surface area contributed by atoms with Crippen molar-refractivity contribution in [1.29, 1.82) is 0 Å². The highest BCUT2D eigenvalue weighted by molar-refractivity contribution is 7.99. The Morgan fingerprint density at radius 3 is 2.90 bits per heavy atom. The Bertz CT molecular complexity index is 438. The second-order valence-corrected chi connectivity index (χ2v) is 6.55. The molecule has 0 amide bonds. The van der Waals surface area contributed by atoms with Gasteiger partial charge in [0.25, 0.3) is 0 Å². The summed E-state index contributed by atoms with van der Waals surface area (Å²) in [5, 5.41) is 0.807. The van der Waals surface area contributed by atoms with Crippen LogP contribution in [0.15, 0.2) is 11.2 Å². The molecule has 1 fully saturated rings. The first-order valence-corrected chi connectivity index (χ1v) is 8.27. The number of nitrogen functional groups attached to an aromatic ring is 1. The summed E-state index contributed by atoms with van der Waals surface area (Å²) in [6.45, 7) is 4.25. The maximum absolute atomic E-state index is 5.92. The van der Waals surface area contributed by atoms with Gasteiger partial charge in [0.05, 0.1) is 0 Å². The lowest BCUT2D eigenvalue weighted by atomic mass is 10.2. The normalized spacial score (nSPS) is 19.0. The molecule has 0 radical (unpaired) electrons. The summed E-state index contributed by atoms with van der Waals surface area (Å²) >= 11 is 1.70. The van der Waals surface area contributed by atoms with Gasteiger partial charge in [-0.2, -0.15) is 0 Å². The average Bonchev–Trinajstić information content (AvgIpc) is 2.88. The van der Waals surface area contributed by atoms with Gasteiger partial charge in [-0.1, -0.05) is 25.1 Å². The summed E-state index contributed by atoms with van der Waals surface area (Å²) in [5.74, 6) is 2.60. The fraction of sp³-hybridized carbons (Fsp3) is 0.714. The van der Waals surface area contributed by atoms with Gasteiger partial charge in [0, 0.05) is 31.0 Å². The van der Waals surface area contributed by atoms with Crippen LogP contribution in [-0.2, 0) is 0 Å². The molecule has 1 aliphatic rings. The van der Waals surface area contributed by atoms with Crippen LogP contribution < -0.4 is 10.6 Å². The number of aromatic nitrogens is 2. The third-order valence-corrected chi connectivity index (χ3v) is 4.59. The van der Waals surface area contributed by atoms with Crippen molar-refractivity contribution in [2.75, 3.05) is 43.6 Å². The lowest BCUT2D eigenvalue weighted by molar-refractivity contribution is 0.315. The largest absolute Gasteiger partial charge is 0.383 e. The van der Waals surface area contributed by atoms with Crippen LogP contribution in [0.25, 0.3) is 0 Å². The van der Waals surface area contributed by atoms with Gasteiger partial charge in [-0.3, -0.25) is 0 Å². The predicted octanol–water partition coefficient (Wildman–Crippen LogP) is 2.09. The predicted molar refractivity (Wildman–Crippen MR) is 86.4 cm³/mol. The van der Waals surface area contributed by atoms with Gasteiger partial charge >= 0.3 is 0 Å². The maximum Gasteiger partial charge on any atom is 0.191 e. The van der Waals surface area contributed by atoms with Crippen LogP contribution in [-0.4, -0.2) is 53.8 Å². The van der Waals surface area contributed by atoms with Gasteiger partial charge in [0.2, 0.25) is 0 Å². The third-order valence-electron chi connectivity index (χ3n) is 3.66. The van der Waals surface area contributed by atoms with E-state index in [1.807, 2.05) is 6.07 Å². The van der Waals surface area contributed by atoms with Gasteiger partial charge in [0.1, 0.15) is 11.6 Å². The number of anilines is 2. The Morgan fingerprint density at radius 1 is 1.45 bits per heavy atom. The van der Waals surface area contributed by atoms with Crippen LogP contribution in [0.1, 0.15) is 26.2 Å². The Hall–Kier alpha value is -1.01. The Balaban J connectivity index is 2.04. The summed E-state index contributed by atoms with van der Waals surface area (Å²) in [6.07, 6.45) is 3.55. The first-order valence-electron chi connectivity index (χ1n) is 7.29. The van der Waals surface area contributed by atoms with E-state index < -0.39 is 0 Å². The number of hydrogen-bond acceptors (Lipinski definition) is 6. The van der Waals surface area contributed by atoms with Crippen LogP contribution in [0.2, 0.25) is 0 Å². The highest BCUT2D eigenvalue weighted by Crippen LogP contribution is 2.25. The summed E-state index contributed by atoms with van der Waals surface area (Å²) < 4.78 is 0. The van der Waals surface area contributed by atoms with Crippen molar-refractivity contribution in [3.05, 3.63) is 6.07 Å². The maximum atomic E-state index is 5.92. The molecule has 1 aromatic heterocycles. The van der Waals surface area contributed by atoms with E-state index in [4.69, 9.17) is 5.73 Å². The number of nitrogens with zero attached hydrogens (tertiary/aromatic N) is 4. The number of rotatable bonds is 6. The molecule has 2 rings (SSSR count). The molecule has 6 heteroatoms. The molecule has 1 saturated heterocycles. The average molecular weight is 295 g/mol. The van der Waals surface area contributed by atoms with Crippen LogP contribution >= 0.6 is 11.8 Å². The molecule has 0 unspecified atom stereocenters. The molecule has 0 bridgehead atoms. The highest BCUT2D eigenvalue weighted by Gasteiger charge is 2.25. The highest BCUT2D eigenvalue weighted by atomic mass is 32.2. The molecule has 2 N–H and O–H groups in total. The van der Waals surface area contributed by atoms with E-state index in [1.54, 1.807) is 11.8 Å². The van der Waals surface area contributed by atoms with E-state index in [9.17, 15) is 0 Å². The Labute approximate surface area is 125 Å². The second-order valence-electron chi connectivity index (χ2n) is 5.49. The first kappa shape index (κ1) is 15.4. The molecule has 112 valence electrons. The minimum atomic E-state index is 0.572. The van der Waals surface area contributed by atoms with E-state index in [2.05, 4.69) is 40.8 Å². The molecular formula is C14H25N5S. The van der Waals surface area contributed by atoms with Gasteiger partial charge in [-0.15, -0.1) is 0 Å². The standard InChI is InChI=1S/C14H25N5S/c1-4-5-8-20-14-16-12(15)9-13(17-14)19-7-6-11(10-19)18(2)3/h9,11H,4-8,10H2,1-3H3,(H2,15,16,17)/t11-/m1/s1. The molecule has 0 aliphatic carbocycles. The Morgan fingerprint density at radius 2 is 2.25 bits per heavy atom. The molecule has 1 aliphatic heterocycles. The van der Waals surface area contributed by atoms with Gasteiger partial charge in [-0.25, -0.2) is 9.97 Å². The van der Waals surface area contributed by atoms with Crippen molar-refractivity contribution in [2.24, 2.45) is 0 Å². The monoisotopic (exact) mass is 295 g/mol. The van der Waals surface area contributed by atoms with Gasteiger partial charge in [-0.05, 0) is 26.9 Å². The molecular weight excluding hydrogens is 270 g/mol. The van der Waals surface area contributed by atoms with E-state index >= 15 is 0 Å². The Kier molecular flexibility index (Phi) is 5.48. The second kappa shape index (κ2) is 7.13. The smallest absolute Gasteiger partial charge is 0.191 e. The first-order chi connectivity index (χ1) is 9.60. The van der Waals surface area contributed by atoms with Crippen molar-refractivity contribution < 1.29 is 0 Å². The van der Waals surface area contributed by atoms with E-state index in [1.165, 1.54) is 19.3 Å². The summed E-state index contributed by atoms with van der Waals surface area (Å²) in [7, 11) is 4.27. The van der Waals surface area contributed by atoms with Gasteiger partial charge in [0.15, 0.2) is 5.16 Å². The number of hydrogen-bond donors (Lipinski definition) is 1. The molecule has 2 heterocycles. The number of unbranched alkanes of at least 4 members (excludes halogenated alkanes) is 1. The minimum Gasteiger partial charge on any atom is -0.383 e. The summed E-state index contributed by atoms with van der Waals surface area (Å²) in [4.78, 5) is 13.6. The molecule has 1 aromatic rings. The molecule has 1 atom stereocenters. The zero-order valence-corrected chi connectivity index (χ0v) is 13.5. The molecule has 5 nitrogen and oxygen atoms in total. The van der Waals surface area contributed by atoms with Crippen LogP contribution in [0.5, 0.6) is 0 Å². The summed E-state index contributed by atoms with van der Waals surface area (Å²) in [6, 6.07) is 2.49. The van der Waals surface area contributed by atoms with E-state index in [0.717, 1.165) is 29.8 Å². The SMILES string of the molecule is CCCCSc1nc(N)cc(N2CC[C@@H](N(C)C)C2)n1. The van der Waals surface area contributed by atoms with Crippen molar-refractivity contribution in [1.82, 2.24) is 14.9 Å². The number of likely N-dealkylation sites (N-methyl/N-ethyl adjacent to an activating group) is 1. The molecule has 0 spiro atoms. The van der Waals surface area contributed by atoms with E-state index in [0.29, 0.717) is 11.9 Å². The van der Waals surface area contributed by atoms with Crippen LogP contribution in [0, 0.1) is 0 Å². The van der Waals surface area contributed by atoms with E-state index in [-0.39, 0.29) is 0 Å². The van der Waals surface area contributed by atoms with Crippen molar-refractivity contribution in [2.45, 2.75) is 37.4 Å². The molecule has 0 aromatic carbocycles. The fourth-order valence-corrected chi connectivity index (χ4v) is 3.28. The third kappa shape index (κ3) is 3.99. The lowest BCUT2D eigenvalue weighted by Gasteiger charge is -2.21. The lowest BCUT2D eigenvalue weighted by Crippen LogP contribution is -2.31. The quantitative estimate of drug-likeness (QED) is 0.493. The van der Waals surface area contributed by atoms with Crippen molar-refractivity contribution >= 4 is 23.4 Å².